The van der Waals surface area contributed by atoms with Gasteiger partial charge in [0.15, 0.2) is 0 Å². The van der Waals surface area contributed by atoms with Gasteiger partial charge in [0, 0.05) is 28.4 Å². The highest BCUT2D eigenvalue weighted by Crippen LogP contribution is 2.32. The molecule has 3 unspecified atom stereocenters. The van der Waals surface area contributed by atoms with Gasteiger partial charge in [0.05, 0.1) is 6.04 Å². The summed E-state index contributed by atoms with van der Waals surface area (Å²) in [6, 6.07) is 5.69. The number of hydrogen-bond donors (Lipinski definition) is 1. The minimum atomic E-state index is 0.180. The van der Waals surface area contributed by atoms with E-state index >= 15 is 0 Å². The van der Waals surface area contributed by atoms with E-state index in [1.165, 1.54) is 29.1 Å². The molecule has 3 nitrogen and oxygen atoms in total. The van der Waals surface area contributed by atoms with Gasteiger partial charge < -0.3 is 10.6 Å². The van der Waals surface area contributed by atoms with E-state index in [0.717, 1.165) is 6.54 Å². The number of thiophene rings is 1. The molecule has 2 N–H and O–H groups in total. The first-order chi connectivity index (χ1) is 8.99. The first kappa shape index (κ1) is 15.0. The fraction of sp³-hybridized carbons (Fsp3) is 0.733. The van der Waals surface area contributed by atoms with Crippen LogP contribution in [0, 0.1) is 6.92 Å². The Morgan fingerprint density at radius 2 is 2.16 bits per heavy atom. The smallest absolute Gasteiger partial charge is 0.0591 e. The van der Waals surface area contributed by atoms with E-state index in [9.17, 15) is 0 Å². The van der Waals surface area contributed by atoms with Gasteiger partial charge in [-0.15, -0.1) is 11.3 Å². The van der Waals surface area contributed by atoms with Gasteiger partial charge >= 0.3 is 0 Å². The van der Waals surface area contributed by atoms with Crippen molar-refractivity contribution in [1.29, 1.82) is 0 Å². The van der Waals surface area contributed by atoms with Gasteiger partial charge in [0.2, 0.25) is 0 Å². The van der Waals surface area contributed by atoms with E-state index in [1.807, 2.05) is 11.3 Å². The lowest BCUT2D eigenvalue weighted by Gasteiger charge is -2.41. The third-order valence-corrected chi connectivity index (χ3v) is 5.17. The molecule has 1 fully saturated rings. The lowest BCUT2D eigenvalue weighted by atomic mass is 9.99. The van der Waals surface area contributed by atoms with Crippen molar-refractivity contribution in [3.63, 3.8) is 0 Å². The molecule has 0 aromatic carbocycles. The number of piperidine rings is 1. The molecule has 2 rings (SSSR count). The summed E-state index contributed by atoms with van der Waals surface area (Å²) in [5.74, 6) is 0. The molecule has 1 aromatic heterocycles. The van der Waals surface area contributed by atoms with Crippen LogP contribution in [0.4, 0.5) is 0 Å². The van der Waals surface area contributed by atoms with Gasteiger partial charge in [-0.25, -0.2) is 0 Å². The van der Waals surface area contributed by atoms with Crippen LogP contribution in [-0.2, 0) is 0 Å². The fourth-order valence-electron chi connectivity index (χ4n) is 3.04. The first-order valence-electron chi connectivity index (χ1n) is 7.21. The third-order valence-electron chi connectivity index (χ3n) is 4.10. The highest BCUT2D eigenvalue weighted by atomic mass is 32.1. The quantitative estimate of drug-likeness (QED) is 0.920. The normalized spacial score (nSPS) is 24.6. The summed E-state index contributed by atoms with van der Waals surface area (Å²) in [4.78, 5) is 7.74. The van der Waals surface area contributed by atoms with Crippen LogP contribution in [0.15, 0.2) is 12.1 Å². The van der Waals surface area contributed by atoms with Crippen LogP contribution in [0.5, 0.6) is 0 Å². The van der Waals surface area contributed by atoms with Crippen molar-refractivity contribution >= 4 is 11.3 Å². The Bertz CT molecular complexity index is 400. The van der Waals surface area contributed by atoms with Crippen molar-refractivity contribution in [2.75, 3.05) is 27.2 Å². The van der Waals surface area contributed by atoms with E-state index in [-0.39, 0.29) is 6.04 Å². The van der Waals surface area contributed by atoms with Gasteiger partial charge in [-0.2, -0.15) is 0 Å². The number of likely N-dealkylation sites (tertiary alicyclic amines) is 1. The van der Waals surface area contributed by atoms with Crippen molar-refractivity contribution in [2.24, 2.45) is 5.73 Å². The van der Waals surface area contributed by atoms with Crippen LogP contribution in [0.2, 0.25) is 0 Å². The van der Waals surface area contributed by atoms with Crippen LogP contribution >= 0.6 is 11.3 Å². The predicted molar refractivity (Wildman–Crippen MR) is 83.7 cm³/mol. The standard InChI is InChI=1S/C15H27N3S/c1-11-7-8-14(19-11)15(12(2)16)18-9-5-6-13(10-18)17(3)4/h7-8,12-13,15H,5-6,9-10,16H2,1-4H3. The summed E-state index contributed by atoms with van der Waals surface area (Å²) < 4.78 is 0. The zero-order valence-corrected chi connectivity index (χ0v) is 13.4. The van der Waals surface area contributed by atoms with Gasteiger partial charge in [-0.3, -0.25) is 4.90 Å². The number of nitrogens with zero attached hydrogens (tertiary/aromatic N) is 2. The Morgan fingerprint density at radius 1 is 1.42 bits per heavy atom. The van der Waals surface area contributed by atoms with Gasteiger partial charge in [0.1, 0.15) is 0 Å². The maximum atomic E-state index is 6.28. The molecule has 0 bridgehead atoms. The molecule has 1 aliphatic heterocycles. The third kappa shape index (κ3) is 3.57. The predicted octanol–water partition coefficient (Wildman–Crippen LogP) is 2.47. The average molecular weight is 281 g/mol. The molecule has 0 amide bonds. The second-order valence-electron chi connectivity index (χ2n) is 6.01. The van der Waals surface area contributed by atoms with Gasteiger partial charge in [-0.1, -0.05) is 0 Å². The minimum absolute atomic E-state index is 0.180. The van der Waals surface area contributed by atoms with Crippen molar-refractivity contribution in [2.45, 2.75) is 44.8 Å². The minimum Gasteiger partial charge on any atom is -0.326 e. The largest absolute Gasteiger partial charge is 0.326 e. The van der Waals surface area contributed by atoms with Gasteiger partial charge in [0.25, 0.3) is 0 Å². The van der Waals surface area contributed by atoms with Crippen LogP contribution < -0.4 is 5.73 Å². The highest BCUT2D eigenvalue weighted by molar-refractivity contribution is 7.12. The number of hydrogen-bond acceptors (Lipinski definition) is 4. The Balaban J connectivity index is 2.15. The summed E-state index contributed by atoms with van der Waals surface area (Å²) in [7, 11) is 4.37. The van der Waals surface area contributed by atoms with Crippen molar-refractivity contribution in [3.8, 4) is 0 Å². The molecule has 0 aliphatic carbocycles. The molecule has 3 atom stereocenters. The lowest BCUT2D eigenvalue weighted by Crippen LogP contribution is -2.49. The van der Waals surface area contributed by atoms with E-state index in [2.05, 4.69) is 49.9 Å². The Kier molecular flexibility index (Phi) is 5.01. The monoisotopic (exact) mass is 281 g/mol. The Labute approximate surface area is 121 Å². The number of rotatable bonds is 4. The number of nitrogens with two attached hydrogens (primary N) is 1. The van der Waals surface area contributed by atoms with Crippen LogP contribution in [0.3, 0.4) is 0 Å². The molecule has 0 spiro atoms. The molecular formula is C15H27N3S. The van der Waals surface area contributed by atoms with E-state index in [1.54, 1.807) is 0 Å². The summed E-state index contributed by atoms with van der Waals surface area (Å²) in [5, 5.41) is 0. The Hall–Kier alpha value is -0.420. The van der Waals surface area contributed by atoms with Crippen LogP contribution in [0.1, 0.15) is 35.6 Å². The van der Waals surface area contributed by atoms with Gasteiger partial charge in [-0.05, 0) is 59.5 Å². The SMILES string of the molecule is Cc1ccc(C(C(C)N)N2CCCC(N(C)C)C2)s1. The maximum absolute atomic E-state index is 6.28. The highest BCUT2D eigenvalue weighted by Gasteiger charge is 2.30. The molecule has 1 aliphatic rings. The van der Waals surface area contributed by atoms with E-state index < -0.39 is 0 Å². The summed E-state index contributed by atoms with van der Waals surface area (Å²) in [6.07, 6.45) is 2.58. The Morgan fingerprint density at radius 3 is 2.68 bits per heavy atom. The fourth-order valence-corrected chi connectivity index (χ4v) is 4.17. The molecule has 1 saturated heterocycles. The molecule has 1 aromatic rings. The van der Waals surface area contributed by atoms with Crippen molar-refractivity contribution < 1.29 is 0 Å². The molecule has 0 saturated carbocycles. The lowest BCUT2D eigenvalue weighted by molar-refractivity contribution is 0.0879. The molecule has 2 heterocycles. The van der Waals surface area contributed by atoms with E-state index in [4.69, 9.17) is 5.73 Å². The van der Waals surface area contributed by atoms with E-state index in [0.29, 0.717) is 12.1 Å². The first-order valence-corrected chi connectivity index (χ1v) is 8.03. The molecule has 0 radical (unpaired) electrons. The zero-order chi connectivity index (χ0) is 14.0. The van der Waals surface area contributed by atoms with Crippen LogP contribution in [-0.4, -0.2) is 49.1 Å². The second-order valence-corrected chi connectivity index (χ2v) is 7.33. The number of aryl methyl sites for hydroxylation is 1. The summed E-state index contributed by atoms with van der Waals surface area (Å²) in [5.41, 5.74) is 6.28. The molecule has 108 valence electrons. The molecule has 19 heavy (non-hydrogen) atoms. The van der Waals surface area contributed by atoms with Crippen molar-refractivity contribution in [3.05, 3.63) is 21.9 Å². The number of likely N-dealkylation sites (N-methyl/N-ethyl adjacent to an activating group) is 1. The zero-order valence-electron chi connectivity index (χ0n) is 12.6. The second kappa shape index (κ2) is 6.35. The summed E-state index contributed by atoms with van der Waals surface area (Å²) >= 11 is 1.89. The molecule has 4 heteroatoms. The van der Waals surface area contributed by atoms with Crippen molar-refractivity contribution in [1.82, 2.24) is 9.80 Å². The van der Waals surface area contributed by atoms with Crippen LogP contribution in [0.25, 0.3) is 0 Å². The summed E-state index contributed by atoms with van der Waals surface area (Å²) in [6.45, 7) is 6.62. The molecular weight excluding hydrogens is 254 g/mol. The average Bonchev–Trinajstić information content (AvgIpc) is 2.75. The maximum Gasteiger partial charge on any atom is 0.0591 e. The topological polar surface area (TPSA) is 32.5 Å².